The molecule has 0 radical (unpaired) electrons. The zero-order chi connectivity index (χ0) is 9.84. The van der Waals surface area contributed by atoms with Crippen molar-refractivity contribution < 1.29 is 4.39 Å². The van der Waals surface area contributed by atoms with Gasteiger partial charge in [0.15, 0.2) is 0 Å². The summed E-state index contributed by atoms with van der Waals surface area (Å²) in [5.74, 6) is -0.266. The summed E-state index contributed by atoms with van der Waals surface area (Å²) in [6, 6.07) is 4.50. The molecule has 13 heavy (non-hydrogen) atoms. The molecule has 0 heterocycles. The second-order valence-electron chi connectivity index (χ2n) is 2.68. The molecule has 0 fully saturated rings. The molecule has 0 saturated carbocycles. The highest BCUT2D eigenvalue weighted by atomic mass is 35.5. The van der Waals surface area contributed by atoms with E-state index in [1.807, 2.05) is 0 Å². The maximum atomic E-state index is 13.3. The van der Waals surface area contributed by atoms with E-state index in [4.69, 9.17) is 11.6 Å². The second-order valence-corrected chi connectivity index (χ2v) is 3.11. The third kappa shape index (κ3) is 2.40. The van der Waals surface area contributed by atoms with Crippen molar-refractivity contribution in [3.8, 4) is 0 Å². The van der Waals surface area contributed by atoms with Crippen LogP contribution in [0.1, 0.15) is 11.7 Å². The number of nitrogens with one attached hydrogen (secondary N) is 2. The molecule has 1 rings (SSSR count). The van der Waals surface area contributed by atoms with Gasteiger partial charge < -0.3 is 10.6 Å². The number of halogens is 2. The fourth-order valence-electron chi connectivity index (χ4n) is 1.19. The van der Waals surface area contributed by atoms with Crippen molar-refractivity contribution in [3.63, 3.8) is 0 Å². The zero-order valence-corrected chi connectivity index (χ0v) is 8.32. The van der Waals surface area contributed by atoms with Crippen molar-refractivity contribution >= 4 is 11.6 Å². The third-order valence-electron chi connectivity index (χ3n) is 1.85. The lowest BCUT2D eigenvalue weighted by molar-refractivity contribution is 0.486. The first-order chi connectivity index (χ1) is 6.19. The van der Waals surface area contributed by atoms with Crippen molar-refractivity contribution in [2.24, 2.45) is 0 Å². The normalized spacial score (nSPS) is 10.8. The fourth-order valence-corrected chi connectivity index (χ4v) is 1.37. The molecule has 0 aromatic heterocycles. The van der Waals surface area contributed by atoms with Gasteiger partial charge in [0.05, 0.1) is 6.17 Å². The molecule has 0 aliphatic carbocycles. The summed E-state index contributed by atoms with van der Waals surface area (Å²) >= 11 is 5.75. The Labute approximate surface area is 82.1 Å². The highest BCUT2D eigenvalue weighted by Gasteiger charge is 2.11. The van der Waals surface area contributed by atoms with Gasteiger partial charge in [-0.1, -0.05) is 11.6 Å². The van der Waals surface area contributed by atoms with Gasteiger partial charge in [-0.25, -0.2) is 4.39 Å². The topological polar surface area (TPSA) is 24.1 Å². The SMILES string of the molecule is CNC(NC)c1cc(Cl)ccc1F. The van der Waals surface area contributed by atoms with Crippen molar-refractivity contribution in [1.29, 1.82) is 0 Å². The summed E-state index contributed by atoms with van der Waals surface area (Å²) in [4.78, 5) is 0. The molecule has 4 heteroatoms. The molecule has 0 aliphatic rings. The lowest BCUT2D eigenvalue weighted by Gasteiger charge is -2.16. The number of rotatable bonds is 3. The standard InChI is InChI=1S/C9H12ClFN2/c1-12-9(13-2)7-5-6(10)3-4-8(7)11/h3-5,9,12-13H,1-2H3. The third-order valence-corrected chi connectivity index (χ3v) is 2.08. The molecule has 0 spiro atoms. The van der Waals surface area contributed by atoms with Crippen LogP contribution in [0.3, 0.4) is 0 Å². The van der Waals surface area contributed by atoms with Crippen molar-refractivity contribution in [2.45, 2.75) is 6.17 Å². The first kappa shape index (κ1) is 10.4. The molecule has 2 nitrogen and oxygen atoms in total. The van der Waals surface area contributed by atoms with Crippen molar-refractivity contribution in [2.75, 3.05) is 14.1 Å². The van der Waals surface area contributed by atoms with E-state index in [2.05, 4.69) is 10.6 Å². The highest BCUT2D eigenvalue weighted by Crippen LogP contribution is 2.19. The molecule has 0 amide bonds. The molecule has 1 aromatic rings. The lowest BCUT2D eigenvalue weighted by atomic mass is 10.1. The van der Waals surface area contributed by atoms with Crippen LogP contribution in [0.5, 0.6) is 0 Å². The summed E-state index contributed by atoms with van der Waals surface area (Å²) in [6.07, 6.45) is -0.210. The molecule has 72 valence electrons. The van der Waals surface area contributed by atoms with Gasteiger partial charge in [-0.2, -0.15) is 0 Å². The molecule has 2 N–H and O–H groups in total. The first-order valence-electron chi connectivity index (χ1n) is 3.98. The largest absolute Gasteiger partial charge is 0.301 e. The predicted molar refractivity (Wildman–Crippen MR) is 52.3 cm³/mol. The molecule has 0 unspecified atom stereocenters. The predicted octanol–water partition coefficient (Wildman–Crippen LogP) is 1.92. The van der Waals surface area contributed by atoms with Gasteiger partial charge >= 0.3 is 0 Å². The van der Waals surface area contributed by atoms with Gasteiger partial charge in [0.25, 0.3) is 0 Å². The van der Waals surface area contributed by atoms with Crippen LogP contribution < -0.4 is 10.6 Å². The number of hydrogen-bond donors (Lipinski definition) is 2. The minimum Gasteiger partial charge on any atom is -0.301 e. The monoisotopic (exact) mass is 202 g/mol. The van der Waals surface area contributed by atoms with Crippen LogP contribution in [0, 0.1) is 5.82 Å². The summed E-state index contributed by atoms with van der Waals surface area (Å²) in [5, 5.41) is 6.39. The van der Waals surface area contributed by atoms with Crippen LogP contribution in [0.25, 0.3) is 0 Å². The van der Waals surface area contributed by atoms with E-state index in [-0.39, 0.29) is 12.0 Å². The van der Waals surface area contributed by atoms with Crippen molar-refractivity contribution in [1.82, 2.24) is 10.6 Å². The molecule has 0 saturated heterocycles. The second kappa shape index (κ2) is 4.56. The van der Waals surface area contributed by atoms with Gasteiger partial charge in [-0.05, 0) is 32.3 Å². The maximum Gasteiger partial charge on any atom is 0.129 e. The van der Waals surface area contributed by atoms with E-state index >= 15 is 0 Å². The Balaban J connectivity index is 3.03. The Morgan fingerprint density at radius 1 is 1.31 bits per heavy atom. The Bertz CT molecular complexity index is 287. The maximum absolute atomic E-state index is 13.3. The van der Waals surface area contributed by atoms with E-state index in [1.54, 1.807) is 20.2 Å². The summed E-state index contributed by atoms with van der Waals surface area (Å²) in [6.45, 7) is 0. The van der Waals surface area contributed by atoms with E-state index < -0.39 is 0 Å². The fraction of sp³-hybridized carbons (Fsp3) is 0.333. The number of hydrogen-bond acceptors (Lipinski definition) is 2. The summed E-state index contributed by atoms with van der Waals surface area (Å²) in [5.41, 5.74) is 0.525. The molecular weight excluding hydrogens is 191 g/mol. The van der Waals surface area contributed by atoms with Crippen LogP contribution in [-0.4, -0.2) is 14.1 Å². The van der Waals surface area contributed by atoms with Crippen LogP contribution in [-0.2, 0) is 0 Å². The minimum atomic E-state index is -0.266. The minimum absolute atomic E-state index is 0.210. The van der Waals surface area contributed by atoms with E-state index in [0.717, 1.165) is 0 Å². The van der Waals surface area contributed by atoms with E-state index in [0.29, 0.717) is 10.6 Å². The van der Waals surface area contributed by atoms with Crippen LogP contribution in [0.15, 0.2) is 18.2 Å². The van der Waals surface area contributed by atoms with Crippen molar-refractivity contribution in [3.05, 3.63) is 34.6 Å². The summed E-state index contributed by atoms with van der Waals surface area (Å²) in [7, 11) is 3.50. The zero-order valence-electron chi connectivity index (χ0n) is 7.57. The van der Waals surface area contributed by atoms with Crippen LogP contribution >= 0.6 is 11.6 Å². The molecule has 0 aliphatic heterocycles. The highest BCUT2D eigenvalue weighted by molar-refractivity contribution is 6.30. The van der Waals surface area contributed by atoms with E-state index in [1.165, 1.54) is 12.1 Å². The Hall–Kier alpha value is -0.640. The van der Waals surface area contributed by atoms with Gasteiger partial charge in [-0.15, -0.1) is 0 Å². The summed E-state index contributed by atoms with van der Waals surface area (Å²) < 4.78 is 13.3. The average Bonchev–Trinajstić information content (AvgIpc) is 2.13. The van der Waals surface area contributed by atoms with Gasteiger partial charge in [0.2, 0.25) is 0 Å². The molecule has 0 atom stereocenters. The molecule has 1 aromatic carbocycles. The number of benzene rings is 1. The average molecular weight is 203 g/mol. The van der Waals surface area contributed by atoms with Crippen LogP contribution in [0.2, 0.25) is 5.02 Å². The van der Waals surface area contributed by atoms with Gasteiger partial charge in [-0.3, -0.25) is 0 Å². The smallest absolute Gasteiger partial charge is 0.129 e. The van der Waals surface area contributed by atoms with E-state index in [9.17, 15) is 4.39 Å². The molecule has 0 bridgehead atoms. The quantitative estimate of drug-likeness (QED) is 0.732. The lowest BCUT2D eigenvalue weighted by Crippen LogP contribution is -2.29. The van der Waals surface area contributed by atoms with Gasteiger partial charge in [0.1, 0.15) is 5.82 Å². The van der Waals surface area contributed by atoms with Gasteiger partial charge in [0, 0.05) is 10.6 Å². The Kier molecular flexibility index (Phi) is 3.66. The Morgan fingerprint density at radius 3 is 2.46 bits per heavy atom. The Morgan fingerprint density at radius 2 is 1.92 bits per heavy atom. The van der Waals surface area contributed by atoms with Crippen LogP contribution in [0.4, 0.5) is 4.39 Å². The molecular formula is C9H12ClFN2. The first-order valence-corrected chi connectivity index (χ1v) is 4.36.